The molecule has 4 amide bonds. The fourth-order valence-corrected chi connectivity index (χ4v) is 8.21. The highest BCUT2D eigenvalue weighted by atomic mass is 16.7. The van der Waals surface area contributed by atoms with Gasteiger partial charge in [0.15, 0.2) is 0 Å². The number of carbonyl (C=O) groups is 3. The summed E-state index contributed by atoms with van der Waals surface area (Å²) in [6.07, 6.45) is 5.17. The van der Waals surface area contributed by atoms with Crippen LogP contribution in [0.2, 0.25) is 0 Å². The number of anilines is 1. The number of piperidine rings is 2. The number of hydroxylamine groups is 2. The van der Waals surface area contributed by atoms with Crippen molar-refractivity contribution in [1.82, 2.24) is 40.2 Å². The van der Waals surface area contributed by atoms with Crippen LogP contribution in [0.15, 0.2) is 42.6 Å². The van der Waals surface area contributed by atoms with Crippen LogP contribution in [0.3, 0.4) is 0 Å². The second kappa shape index (κ2) is 15.0. The first-order valence-corrected chi connectivity index (χ1v) is 18.3. The minimum Gasteiger partial charge on any atom is -0.351 e. The summed E-state index contributed by atoms with van der Waals surface area (Å²) >= 11 is 0. The Bertz CT molecular complexity index is 1670. The number of fused-ring (bicyclic) bond motifs is 2. The highest BCUT2D eigenvalue weighted by Gasteiger charge is 2.37. The van der Waals surface area contributed by atoms with Gasteiger partial charge in [0.05, 0.1) is 11.7 Å². The number of urea groups is 1. The van der Waals surface area contributed by atoms with E-state index in [9.17, 15) is 14.4 Å². The molecular formula is C37H51N9O4. The van der Waals surface area contributed by atoms with Crippen molar-refractivity contribution in [2.45, 2.75) is 70.0 Å². The lowest BCUT2D eigenvalue weighted by Gasteiger charge is -2.43. The number of amides is 4. The highest BCUT2D eigenvalue weighted by molar-refractivity contribution is 5.91. The van der Waals surface area contributed by atoms with Gasteiger partial charge in [-0.3, -0.25) is 14.8 Å². The maximum absolute atomic E-state index is 14.3. The molecule has 13 heteroatoms. The van der Waals surface area contributed by atoms with Gasteiger partial charge in [-0.2, -0.15) is 5.10 Å². The van der Waals surface area contributed by atoms with E-state index in [4.69, 9.17) is 4.84 Å². The number of hydrogen-bond acceptors (Lipinski definition) is 8. The normalized spacial score (nSPS) is 21.7. The van der Waals surface area contributed by atoms with Crippen molar-refractivity contribution in [1.29, 1.82) is 0 Å². The van der Waals surface area contributed by atoms with Crippen molar-refractivity contribution in [2.24, 2.45) is 0 Å². The summed E-state index contributed by atoms with van der Waals surface area (Å²) in [7, 11) is 2.17. The molecule has 0 spiro atoms. The second-order valence-electron chi connectivity index (χ2n) is 14.5. The first kappa shape index (κ1) is 34.3. The first-order chi connectivity index (χ1) is 24.2. The van der Waals surface area contributed by atoms with Gasteiger partial charge in [0.25, 0.3) is 0 Å². The molecule has 4 aliphatic heterocycles. The SMILES string of the molecule is Cc1cc(C(C)C(NC(=O)ON2CCC(N3CCc4ccccc4NC3=O)CC2)C(=O)N2CCC(N3CCN(C)CC3)CC2)cc2cn[nH]c12. The molecule has 5 heterocycles. The van der Waals surface area contributed by atoms with Crippen LogP contribution in [0.5, 0.6) is 0 Å². The molecular weight excluding hydrogens is 634 g/mol. The lowest BCUT2D eigenvalue weighted by atomic mass is 9.89. The summed E-state index contributed by atoms with van der Waals surface area (Å²) in [4.78, 5) is 55.5. The minimum atomic E-state index is -0.800. The van der Waals surface area contributed by atoms with E-state index >= 15 is 0 Å². The number of aromatic amines is 1. The number of H-pyrrole nitrogens is 1. The number of rotatable bonds is 7. The molecule has 0 radical (unpaired) electrons. The molecule has 3 saturated heterocycles. The average Bonchev–Trinajstić information content (AvgIpc) is 3.55. The summed E-state index contributed by atoms with van der Waals surface area (Å²) in [6, 6.07) is 11.7. The third kappa shape index (κ3) is 7.45. The highest BCUT2D eigenvalue weighted by Crippen LogP contribution is 2.29. The van der Waals surface area contributed by atoms with Crippen LogP contribution < -0.4 is 10.6 Å². The predicted octanol–water partition coefficient (Wildman–Crippen LogP) is 3.78. The zero-order chi connectivity index (χ0) is 34.8. The van der Waals surface area contributed by atoms with Crippen molar-refractivity contribution in [3.05, 3.63) is 59.3 Å². The molecule has 268 valence electrons. The second-order valence-corrected chi connectivity index (χ2v) is 14.5. The van der Waals surface area contributed by atoms with Crippen molar-refractivity contribution in [3.8, 4) is 0 Å². The Labute approximate surface area is 294 Å². The fourth-order valence-electron chi connectivity index (χ4n) is 8.21. The van der Waals surface area contributed by atoms with Gasteiger partial charge < -0.3 is 30.2 Å². The number of nitrogens with one attached hydrogen (secondary N) is 3. The lowest BCUT2D eigenvalue weighted by molar-refractivity contribution is -0.138. The van der Waals surface area contributed by atoms with Gasteiger partial charge in [-0.1, -0.05) is 31.2 Å². The Morgan fingerprint density at radius 2 is 1.66 bits per heavy atom. The standard InChI is InChI=1S/C37H51N9O4/c1-25-22-28(23-29-24-38-41-33(25)29)26(2)34(35(47)44-13-9-30(10-14-44)43-20-18-42(3)19-21-43)40-37(49)50-45-15-11-31(12-16-45)46-17-8-27-6-4-5-7-32(27)39-36(46)48/h4-7,22-24,26,30-31,34H,8-21H2,1-3H3,(H,38,41)(H,39,48)(H,40,49). The van der Waals surface area contributed by atoms with Crippen molar-refractivity contribution >= 4 is 34.6 Å². The van der Waals surface area contributed by atoms with Gasteiger partial charge in [-0.25, -0.2) is 9.59 Å². The first-order valence-electron chi connectivity index (χ1n) is 18.3. The Kier molecular flexibility index (Phi) is 10.2. The maximum Gasteiger partial charge on any atom is 0.426 e. The third-order valence-corrected chi connectivity index (χ3v) is 11.4. The zero-order valence-corrected chi connectivity index (χ0v) is 29.6. The monoisotopic (exact) mass is 685 g/mol. The van der Waals surface area contributed by atoms with Crippen molar-refractivity contribution < 1.29 is 19.2 Å². The average molecular weight is 686 g/mol. The fraction of sp³-hybridized carbons (Fsp3) is 0.568. The van der Waals surface area contributed by atoms with Crippen LogP contribution >= 0.6 is 0 Å². The zero-order valence-electron chi connectivity index (χ0n) is 29.6. The van der Waals surface area contributed by atoms with Crippen LogP contribution in [-0.2, 0) is 16.1 Å². The molecule has 7 rings (SSSR count). The number of hydrogen-bond donors (Lipinski definition) is 3. The van der Waals surface area contributed by atoms with Gasteiger partial charge in [-0.05, 0) is 74.9 Å². The van der Waals surface area contributed by atoms with E-state index in [1.165, 1.54) is 0 Å². The summed E-state index contributed by atoms with van der Waals surface area (Å²) < 4.78 is 0. The maximum atomic E-state index is 14.3. The molecule has 3 aromatic rings. The van der Waals surface area contributed by atoms with Crippen molar-refractivity contribution in [2.75, 3.05) is 71.3 Å². The lowest BCUT2D eigenvalue weighted by Crippen LogP contribution is -2.57. The molecule has 3 N–H and O–H groups in total. The summed E-state index contributed by atoms with van der Waals surface area (Å²) in [5.74, 6) is -0.386. The molecule has 2 unspecified atom stereocenters. The van der Waals surface area contributed by atoms with Crippen LogP contribution in [0.25, 0.3) is 10.9 Å². The topological polar surface area (TPSA) is 129 Å². The van der Waals surface area contributed by atoms with Crippen LogP contribution in [0.1, 0.15) is 55.2 Å². The van der Waals surface area contributed by atoms with E-state index < -0.39 is 12.1 Å². The van der Waals surface area contributed by atoms with E-state index in [1.807, 2.05) is 47.9 Å². The minimum absolute atomic E-state index is 0.0522. The van der Waals surface area contributed by atoms with E-state index in [2.05, 4.69) is 49.8 Å². The van der Waals surface area contributed by atoms with Gasteiger partial charge in [0.1, 0.15) is 6.04 Å². The molecule has 50 heavy (non-hydrogen) atoms. The van der Waals surface area contributed by atoms with Crippen LogP contribution in [0.4, 0.5) is 15.3 Å². The number of likely N-dealkylation sites (N-methyl/N-ethyl adjacent to an activating group) is 1. The summed E-state index contributed by atoms with van der Waals surface area (Å²) in [6.45, 7) is 11.3. The molecule has 4 aliphatic rings. The molecule has 0 saturated carbocycles. The van der Waals surface area contributed by atoms with Gasteiger partial charge in [0.2, 0.25) is 5.91 Å². The molecule has 13 nitrogen and oxygen atoms in total. The van der Waals surface area contributed by atoms with Crippen LogP contribution in [0, 0.1) is 6.92 Å². The van der Waals surface area contributed by atoms with Gasteiger partial charge in [-0.15, -0.1) is 5.06 Å². The van der Waals surface area contributed by atoms with E-state index in [-0.39, 0.29) is 23.9 Å². The quantitative estimate of drug-likeness (QED) is 0.343. The predicted molar refractivity (Wildman–Crippen MR) is 192 cm³/mol. The Morgan fingerprint density at radius 3 is 2.42 bits per heavy atom. The number of aryl methyl sites for hydroxylation is 1. The third-order valence-electron chi connectivity index (χ3n) is 11.4. The Balaban J connectivity index is 0.987. The number of piperazine rings is 1. The molecule has 0 aliphatic carbocycles. The van der Waals surface area contributed by atoms with Crippen molar-refractivity contribution in [3.63, 3.8) is 0 Å². The number of benzene rings is 2. The Hall–Kier alpha value is -4.20. The number of nitrogens with zero attached hydrogens (tertiary/aromatic N) is 6. The number of aromatic nitrogens is 2. The molecule has 3 fully saturated rings. The molecule has 0 bridgehead atoms. The van der Waals surface area contributed by atoms with Gasteiger partial charge >= 0.3 is 12.1 Å². The van der Waals surface area contributed by atoms with Gasteiger partial charge in [0, 0.05) is 88.0 Å². The number of carbonyl (C=O) groups excluding carboxylic acids is 3. The van der Waals surface area contributed by atoms with E-state index in [1.54, 1.807) is 11.3 Å². The Morgan fingerprint density at radius 1 is 0.940 bits per heavy atom. The molecule has 2 atom stereocenters. The number of likely N-dealkylation sites (tertiary alicyclic amines) is 1. The molecule has 1 aromatic heterocycles. The van der Waals surface area contributed by atoms with E-state index in [0.29, 0.717) is 51.6 Å². The van der Waals surface area contributed by atoms with E-state index in [0.717, 1.165) is 78.7 Å². The summed E-state index contributed by atoms with van der Waals surface area (Å²) in [5.41, 5.74) is 4.97. The largest absolute Gasteiger partial charge is 0.426 e. The smallest absolute Gasteiger partial charge is 0.351 e. The number of para-hydroxylation sites is 1. The van der Waals surface area contributed by atoms with Crippen LogP contribution in [-0.4, -0.2) is 137 Å². The summed E-state index contributed by atoms with van der Waals surface area (Å²) in [5, 5.41) is 15.9. The molecule has 2 aromatic carbocycles.